The quantitative estimate of drug-likeness (QED) is 0.692. The van der Waals surface area contributed by atoms with Gasteiger partial charge < -0.3 is 9.84 Å². The number of aliphatic hydroxyl groups excluding tert-OH is 1. The van der Waals surface area contributed by atoms with Crippen molar-refractivity contribution in [1.82, 2.24) is 0 Å². The van der Waals surface area contributed by atoms with E-state index in [1.807, 2.05) is 13.8 Å². The van der Waals surface area contributed by atoms with Crippen molar-refractivity contribution in [2.75, 3.05) is 0 Å². The van der Waals surface area contributed by atoms with Gasteiger partial charge in [-0.05, 0) is 45.4 Å². The summed E-state index contributed by atoms with van der Waals surface area (Å²) in [5.74, 6) is 0.163. The van der Waals surface area contributed by atoms with Gasteiger partial charge >= 0.3 is 5.97 Å². The van der Waals surface area contributed by atoms with Crippen LogP contribution in [-0.4, -0.2) is 22.8 Å². The lowest BCUT2D eigenvalue weighted by molar-refractivity contribution is -0.160. The van der Waals surface area contributed by atoms with Gasteiger partial charge in [0, 0.05) is 6.92 Å². The van der Waals surface area contributed by atoms with Crippen LogP contribution in [0.25, 0.3) is 0 Å². The Kier molecular flexibility index (Phi) is 3.53. The van der Waals surface area contributed by atoms with Crippen molar-refractivity contribution in [3.05, 3.63) is 0 Å². The summed E-state index contributed by atoms with van der Waals surface area (Å²) in [5, 5.41) is 9.37. The van der Waals surface area contributed by atoms with Gasteiger partial charge in [0.25, 0.3) is 0 Å². The highest BCUT2D eigenvalue weighted by Gasteiger charge is 2.35. The predicted molar refractivity (Wildman–Crippen MR) is 53.8 cm³/mol. The fourth-order valence-electron chi connectivity index (χ4n) is 2.22. The van der Waals surface area contributed by atoms with E-state index in [0.29, 0.717) is 5.92 Å². The third-order valence-electron chi connectivity index (χ3n) is 3.09. The van der Waals surface area contributed by atoms with Gasteiger partial charge in [-0.25, -0.2) is 0 Å². The van der Waals surface area contributed by atoms with Crippen LogP contribution in [0.1, 0.15) is 46.5 Å². The number of carbonyl (C=O) groups is 1. The Balaban J connectivity index is 2.50. The number of hydrogen-bond acceptors (Lipinski definition) is 3. The first-order valence-electron chi connectivity index (χ1n) is 5.29. The molecule has 0 saturated heterocycles. The fourth-order valence-corrected chi connectivity index (χ4v) is 2.22. The maximum absolute atomic E-state index is 10.9. The zero-order valence-electron chi connectivity index (χ0n) is 9.25. The van der Waals surface area contributed by atoms with Crippen molar-refractivity contribution in [3.8, 4) is 0 Å². The largest absolute Gasteiger partial charge is 0.460 e. The van der Waals surface area contributed by atoms with Gasteiger partial charge in [-0.15, -0.1) is 0 Å². The van der Waals surface area contributed by atoms with Crippen LogP contribution in [0.4, 0.5) is 0 Å². The first-order chi connectivity index (χ1) is 6.42. The summed E-state index contributed by atoms with van der Waals surface area (Å²) in [7, 11) is 0. The summed E-state index contributed by atoms with van der Waals surface area (Å²) in [6, 6.07) is 0. The Labute approximate surface area is 85.5 Å². The average Bonchev–Trinajstić information content (AvgIpc) is 2.02. The molecule has 0 amide bonds. The minimum atomic E-state index is -0.383. The highest BCUT2D eigenvalue weighted by molar-refractivity contribution is 5.66. The molecule has 1 rings (SSSR count). The lowest BCUT2D eigenvalue weighted by Crippen LogP contribution is -2.39. The van der Waals surface area contributed by atoms with Gasteiger partial charge in [0.15, 0.2) is 0 Å². The van der Waals surface area contributed by atoms with Crippen LogP contribution >= 0.6 is 0 Å². The van der Waals surface area contributed by atoms with E-state index in [1.165, 1.54) is 6.92 Å². The molecular formula is C11H20O3. The summed E-state index contributed by atoms with van der Waals surface area (Å²) in [6.45, 7) is 5.35. The van der Waals surface area contributed by atoms with Gasteiger partial charge in [0.2, 0.25) is 0 Å². The molecular weight excluding hydrogens is 180 g/mol. The van der Waals surface area contributed by atoms with Gasteiger partial charge in [-0.2, -0.15) is 0 Å². The van der Waals surface area contributed by atoms with Crippen molar-refractivity contribution in [2.24, 2.45) is 5.92 Å². The van der Waals surface area contributed by atoms with Crippen molar-refractivity contribution in [3.63, 3.8) is 0 Å². The van der Waals surface area contributed by atoms with Crippen LogP contribution in [-0.2, 0) is 9.53 Å². The molecule has 0 atom stereocenters. The normalized spacial score (nSPS) is 28.6. The molecule has 3 heteroatoms. The van der Waals surface area contributed by atoms with Crippen LogP contribution < -0.4 is 0 Å². The second-order valence-electron chi connectivity index (χ2n) is 4.70. The standard InChI is InChI=1S/C11H20O3/c1-8(12)14-11(2,3)9-4-6-10(13)7-5-9/h9-10,13H,4-7H2,1-3H3. The third kappa shape index (κ3) is 2.98. The van der Waals surface area contributed by atoms with Crippen LogP contribution in [0.15, 0.2) is 0 Å². The molecule has 3 nitrogen and oxygen atoms in total. The second-order valence-corrected chi connectivity index (χ2v) is 4.70. The van der Waals surface area contributed by atoms with Crippen molar-refractivity contribution in [2.45, 2.75) is 58.2 Å². The summed E-state index contributed by atoms with van der Waals surface area (Å²) in [5.41, 5.74) is -0.383. The molecule has 1 N–H and O–H groups in total. The summed E-state index contributed by atoms with van der Waals surface area (Å²) >= 11 is 0. The first kappa shape index (κ1) is 11.5. The van der Waals surface area contributed by atoms with E-state index in [0.717, 1.165) is 25.7 Å². The number of rotatable bonds is 2. The van der Waals surface area contributed by atoms with E-state index in [9.17, 15) is 9.90 Å². The molecule has 1 saturated carbocycles. The molecule has 0 aromatic heterocycles. The Hall–Kier alpha value is -0.570. The van der Waals surface area contributed by atoms with E-state index >= 15 is 0 Å². The molecule has 0 unspecified atom stereocenters. The molecule has 82 valence electrons. The van der Waals surface area contributed by atoms with Crippen LogP contribution in [0.3, 0.4) is 0 Å². The van der Waals surface area contributed by atoms with Gasteiger partial charge in [0.05, 0.1) is 6.10 Å². The number of ether oxygens (including phenoxy) is 1. The zero-order chi connectivity index (χ0) is 10.8. The minimum absolute atomic E-state index is 0.153. The van der Waals surface area contributed by atoms with Crippen LogP contribution in [0.5, 0.6) is 0 Å². The fraction of sp³-hybridized carbons (Fsp3) is 0.909. The molecule has 14 heavy (non-hydrogen) atoms. The Bertz CT molecular complexity index is 203. The molecule has 1 aliphatic rings. The monoisotopic (exact) mass is 200 g/mol. The molecule has 0 aliphatic heterocycles. The third-order valence-corrected chi connectivity index (χ3v) is 3.09. The Morgan fingerprint density at radius 1 is 1.29 bits per heavy atom. The smallest absolute Gasteiger partial charge is 0.303 e. The van der Waals surface area contributed by atoms with E-state index in [2.05, 4.69) is 0 Å². The lowest BCUT2D eigenvalue weighted by Gasteiger charge is -2.37. The zero-order valence-corrected chi connectivity index (χ0v) is 9.25. The van der Waals surface area contributed by atoms with E-state index < -0.39 is 0 Å². The molecule has 0 radical (unpaired) electrons. The molecule has 0 aromatic rings. The molecule has 0 bridgehead atoms. The average molecular weight is 200 g/mol. The predicted octanol–water partition coefficient (Wildman–Crippen LogP) is 1.88. The first-order valence-corrected chi connectivity index (χ1v) is 5.29. The number of aliphatic hydroxyl groups is 1. The lowest BCUT2D eigenvalue weighted by atomic mass is 9.78. The topological polar surface area (TPSA) is 46.5 Å². The minimum Gasteiger partial charge on any atom is -0.460 e. The highest BCUT2D eigenvalue weighted by atomic mass is 16.6. The molecule has 1 aliphatic carbocycles. The number of hydrogen-bond donors (Lipinski definition) is 1. The Morgan fingerprint density at radius 3 is 2.21 bits per heavy atom. The van der Waals surface area contributed by atoms with E-state index in [4.69, 9.17) is 4.74 Å². The van der Waals surface area contributed by atoms with Crippen LogP contribution in [0.2, 0.25) is 0 Å². The van der Waals surface area contributed by atoms with Crippen molar-refractivity contribution in [1.29, 1.82) is 0 Å². The molecule has 0 spiro atoms. The molecule has 1 fully saturated rings. The van der Waals surface area contributed by atoms with Crippen molar-refractivity contribution < 1.29 is 14.6 Å². The summed E-state index contributed by atoms with van der Waals surface area (Å²) in [6.07, 6.45) is 3.40. The summed E-state index contributed by atoms with van der Waals surface area (Å²) in [4.78, 5) is 10.9. The van der Waals surface area contributed by atoms with Gasteiger partial charge in [0.1, 0.15) is 5.60 Å². The summed E-state index contributed by atoms with van der Waals surface area (Å²) < 4.78 is 5.29. The van der Waals surface area contributed by atoms with Gasteiger partial charge in [-0.3, -0.25) is 4.79 Å². The SMILES string of the molecule is CC(=O)OC(C)(C)C1CCC(O)CC1. The molecule has 0 aromatic carbocycles. The maximum Gasteiger partial charge on any atom is 0.303 e. The number of esters is 1. The van der Waals surface area contributed by atoms with Crippen molar-refractivity contribution >= 4 is 5.97 Å². The maximum atomic E-state index is 10.9. The van der Waals surface area contributed by atoms with E-state index in [1.54, 1.807) is 0 Å². The number of carbonyl (C=O) groups excluding carboxylic acids is 1. The second kappa shape index (κ2) is 4.30. The van der Waals surface area contributed by atoms with Crippen LogP contribution in [0, 0.1) is 5.92 Å². The molecule has 0 heterocycles. The highest BCUT2D eigenvalue weighted by Crippen LogP contribution is 2.34. The Morgan fingerprint density at radius 2 is 1.79 bits per heavy atom. The van der Waals surface area contributed by atoms with Gasteiger partial charge in [-0.1, -0.05) is 0 Å². The van der Waals surface area contributed by atoms with E-state index in [-0.39, 0.29) is 17.7 Å².